The van der Waals surface area contributed by atoms with Gasteiger partial charge in [-0.25, -0.2) is 4.39 Å². The average Bonchev–Trinajstić information content (AvgIpc) is 2.49. The number of rotatable bonds is 6. The highest BCUT2D eigenvalue weighted by molar-refractivity contribution is 9.10. The number of ketones is 1. The van der Waals surface area contributed by atoms with Crippen molar-refractivity contribution in [1.82, 2.24) is 0 Å². The molecule has 0 amide bonds. The number of carbonyl (C=O) groups is 1. The Bertz CT molecular complexity index is 711. The highest BCUT2D eigenvalue weighted by atomic mass is 79.9. The lowest BCUT2D eigenvalue weighted by atomic mass is 10.1. The molecule has 23 heavy (non-hydrogen) atoms. The molecule has 0 aromatic heterocycles. The second-order valence-electron chi connectivity index (χ2n) is 5.16. The first-order valence-electron chi connectivity index (χ1n) is 7.15. The molecule has 0 bridgehead atoms. The van der Waals surface area contributed by atoms with Crippen molar-refractivity contribution in [3.05, 3.63) is 70.6 Å². The number of anilines is 1. The van der Waals surface area contributed by atoms with Crippen LogP contribution in [0.4, 0.5) is 10.1 Å². The average molecular weight is 378 g/mol. The summed E-state index contributed by atoms with van der Waals surface area (Å²) < 4.78 is 19.8. The van der Waals surface area contributed by atoms with Gasteiger partial charge in [0.1, 0.15) is 11.6 Å². The van der Waals surface area contributed by atoms with Gasteiger partial charge in [0.05, 0.1) is 11.8 Å². The molecule has 0 aliphatic heterocycles. The van der Waals surface area contributed by atoms with Crippen molar-refractivity contribution in [2.75, 3.05) is 5.32 Å². The van der Waals surface area contributed by atoms with Crippen molar-refractivity contribution in [2.45, 2.75) is 20.0 Å². The van der Waals surface area contributed by atoms with Crippen molar-refractivity contribution < 1.29 is 13.9 Å². The topological polar surface area (TPSA) is 38.3 Å². The van der Waals surface area contributed by atoms with Crippen LogP contribution in [0, 0.1) is 5.82 Å². The number of benzene rings is 2. The molecule has 2 rings (SSSR count). The third-order valence-corrected chi connectivity index (χ3v) is 3.41. The molecular weight excluding hydrogens is 361 g/mol. The maximum absolute atomic E-state index is 13.6. The van der Waals surface area contributed by atoms with E-state index in [1.165, 1.54) is 18.3 Å². The van der Waals surface area contributed by atoms with Crippen molar-refractivity contribution in [1.29, 1.82) is 0 Å². The number of hydrogen-bond donors (Lipinski definition) is 1. The quantitative estimate of drug-likeness (QED) is 0.556. The van der Waals surface area contributed by atoms with E-state index >= 15 is 0 Å². The first-order chi connectivity index (χ1) is 11.0. The molecule has 3 nitrogen and oxygen atoms in total. The van der Waals surface area contributed by atoms with Gasteiger partial charge in [0.15, 0.2) is 5.78 Å². The predicted octanol–water partition coefficient (Wildman–Crippen LogP) is 5.18. The monoisotopic (exact) mass is 377 g/mol. The second kappa shape index (κ2) is 7.92. The number of halogens is 2. The molecule has 120 valence electrons. The van der Waals surface area contributed by atoms with Crippen LogP contribution in [-0.2, 0) is 0 Å². The van der Waals surface area contributed by atoms with Gasteiger partial charge in [-0.3, -0.25) is 4.79 Å². The standard InChI is InChI=1S/C18H17BrFNO2/c1-12(2)23-15-6-3-13(4-7-15)18(22)9-10-21-17-8-5-14(19)11-16(17)20/h3-12,21H,1-2H3/b10-9+. The van der Waals surface area contributed by atoms with Gasteiger partial charge in [-0.1, -0.05) is 15.9 Å². The highest BCUT2D eigenvalue weighted by Gasteiger charge is 2.04. The molecule has 0 saturated carbocycles. The van der Waals surface area contributed by atoms with Crippen LogP contribution in [0.2, 0.25) is 0 Å². The van der Waals surface area contributed by atoms with E-state index in [0.29, 0.717) is 15.7 Å². The predicted molar refractivity (Wildman–Crippen MR) is 93.4 cm³/mol. The van der Waals surface area contributed by atoms with Gasteiger partial charge < -0.3 is 10.1 Å². The van der Waals surface area contributed by atoms with Crippen molar-refractivity contribution in [3.63, 3.8) is 0 Å². The van der Waals surface area contributed by atoms with Crippen LogP contribution in [0.15, 0.2) is 59.2 Å². The Morgan fingerprint density at radius 2 is 1.91 bits per heavy atom. The minimum atomic E-state index is -0.397. The van der Waals surface area contributed by atoms with Gasteiger partial charge in [-0.15, -0.1) is 0 Å². The van der Waals surface area contributed by atoms with Gasteiger partial charge in [-0.2, -0.15) is 0 Å². The molecule has 0 radical (unpaired) electrons. The number of carbonyl (C=O) groups excluding carboxylic acids is 1. The molecule has 5 heteroatoms. The van der Waals surface area contributed by atoms with Gasteiger partial charge >= 0.3 is 0 Å². The van der Waals surface area contributed by atoms with Crippen molar-refractivity contribution >= 4 is 27.4 Å². The maximum Gasteiger partial charge on any atom is 0.187 e. The van der Waals surface area contributed by atoms with Crippen LogP contribution in [0.5, 0.6) is 5.75 Å². The minimum absolute atomic E-state index is 0.0847. The van der Waals surface area contributed by atoms with Crippen LogP contribution in [-0.4, -0.2) is 11.9 Å². The Morgan fingerprint density at radius 1 is 1.22 bits per heavy atom. The Labute approximate surface area is 143 Å². The summed E-state index contributed by atoms with van der Waals surface area (Å²) >= 11 is 3.19. The Morgan fingerprint density at radius 3 is 2.52 bits per heavy atom. The summed E-state index contributed by atoms with van der Waals surface area (Å²) in [4.78, 5) is 12.0. The summed E-state index contributed by atoms with van der Waals surface area (Å²) in [5, 5.41) is 2.76. The third kappa shape index (κ3) is 5.21. The molecular formula is C18H17BrFNO2. The van der Waals surface area contributed by atoms with Crippen molar-refractivity contribution in [2.24, 2.45) is 0 Å². The Kier molecular flexibility index (Phi) is 5.93. The summed E-state index contributed by atoms with van der Waals surface area (Å²) in [6.45, 7) is 3.88. The lowest BCUT2D eigenvalue weighted by Gasteiger charge is -2.09. The summed E-state index contributed by atoms with van der Waals surface area (Å²) in [5.74, 6) is 0.147. The molecule has 0 saturated heterocycles. The van der Waals surface area contributed by atoms with E-state index in [1.54, 1.807) is 36.4 Å². The van der Waals surface area contributed by atoms with E-state index in [1.807, 2.05) is 13.8 Å². The van der Waals surface area contributed by atoms with E-state index in [-0.39, 0.29) is 11.9 Å². The number of ether oxygens (including phenoxy) is 1. The van der Waals surface area contributed by atoms with Gasteiger partial charge in [0, 0.05) is 22.3 Å². The number of allylic oxidation sites excluding steroid dienone is 1. The van der Waals surface area contributed by atoms with Crippen LogP contribution in [0.25, 0.3) is 0 Å². The third-order valence-electron chi connectivity index (χ3n) is 2.92. The summed E-state index contributed by atoms with van der Waals surface area (Å²) in [7, 11) is 0. The number of hydrogen-bond acceptors (Lipinski definition) is 3. The first kappa shape index (κ1) is 17.2. The summed E-state index contributed by atoms with van der Waals surface area (Å²) in [6, 6.07) is 11.6. The fourth-order valence-corrected chi connectivity index (χ4v) is 2.21. The molecule has 0 atom stereocenters. The van der Waals surface area contributed by atoms with Crippen molar-refractivity contribution in [3.8, 4) is 5.75 Å². The zero-order chi connectivity index (χ0) is 16.8. The van der Waals surface area contributed by atoms with Crippen LogP contribution in [0.1, 0.15) is 24.2 Å². The normalized spacial score (nSPS) is 11.0. The fourth-order valence-electron chi connectivity index (χ4n) is 1.88. The minimum Gasteiger partial charge on any atom is -0.491 e. The van der Waals surface area contributed by atoms with Gasteiger partial charge in [0.25, 0.3) is 0 Å². The zero-order valence-corrected chi connectivity index (χ0v) is 14.4. The van der Waals surface area contributed by atoms with E-state index in [4.69, 9.17) is 4.74 Å². The fraction of sp³-hybridized carbons (Fsp3) is 0.167. The highest BCUT2D eigenvalue weighted by Crippen LogP contribution is 2.19. The molecule has 0 fully saturated rings. The molecule has 0 aliphatic rings. The van der Waals surface area contributed by atoms with Gasteiger partial charge in [0.2, 0.25) is 0 Å². The molecule has 0 unspecified atom stereocenters. The lowest BCUT2D eigenvalue weighted by molar-refractivity contribution is 0.104. The van der Waals surface area contributed by atoms with E-state index in [0.717, 1.165) is 5.75 Å². The van der Waals surface area contributed by atoms with E-state index < -0.39 is 5.82 Å². The van der Waals surface area contributed by atoms with E-state index in [2.05, 4.69) is 21.2 Å². The SMILES string of the molecule is CC(C)Oc1ccc(C(=O)/C=C/Nc2ccc(Br)cc2F)cc1. The van der Waals surface area contributed by atoms with Crippen LogP contribution >= 0.6 is 15.9 Å². The zero-order valence-electron chi connectivity index (χ0n) is 12.8. The lowest BCUT2D eigenvalue weighted by Crippen LogP contribution is -2.05. The van der Waals surface area contributed by atoms with Crippen LogP contribution in [0.3, 0.4) is 0 Å². The Balaban J connectivity index is 1.98. The molecule has 0 aliphatic carbocycles. The second-order valence-corrected chi connectivity index (χ2v) is 6.07. The summed E-state index contributed by atoms with van der Waals surface area (Å²) in [5.41, 5.74) is 0.841. The largest absolute Gasteiger partial charge is 0.491 e. The molecule has 1 N–H and O–H groups in total. The maximum atomic E-state index is 13.6. The molecule has 0 spiro atoms. The Hall–Kier alpha value is -2.14. The number of nitrogens with one attached hydrogen (secondary N) is 1. The van der Waals surface area contributed by atoms with E-state index in [9.17, 15) is 9.18 Å². The van der Waals surface area contributed by atoms with Gasteiger partial charge in [-0.05, 0) is 56.3 Å². The molecule has 0 heterocycles. The summed E-state index contributed by atoms with van der Waals surface area (Å²) in [6.07, 6.45) is 2.87. The smallest absolute Gasteiger partial charge is 0.187 e. The molecule has 2 aromatic rings. The van der Waals surface area contributed by atoms with Crippen LogP contribution < -0.4 is 10.1 Å². The first-order valence-corrected chi connectivity index (χ1v) is 7.94. The molecule has 2 aromatic carbocycles.